The zero-order chi connectivity index (χ0) is 20.0. The van der Waals surface area contributed by atoms with Crippen molar-refractivity contribution in [1.29, 1.82) is 0 Å². The highest BCUT2D eigenvalue weighted by Crippen LogP contribution is 2.16. The van der Waals surface area contributed by atoms with E-state index in [-0.39, 0.29) is 12.6 Å². The van der Waals surface area contributed by atoms with Crippen molar-refractivity contribution in [2.24, 2.45) is 0 Å². The van der Waals surface area contributed by atoms with Gasteiger partial charge in [0.2, 0.25) is 0 Å². The minimum atomic E-state index is -4.33. The van der Waals surface area contributed by atoms with Gasteiger partial charge in [-0.05, 0) is 25.0 Å². The topological polar surface area (TPSA) is 67.6 Å². The standard InChI is InChI=1S/C18H22F3N3O3/c1-12-16(13(2)27-23-12)9-24(3)17(25)22-8-14-4-6-15(7-5-14)10-26-11-18(19,20)21/h4-7H,8-11H2,1-3H3,(H,22,25). The molecule has 0 aliphatic rings. The van der Waals surface area contributed by atoms with E-state index in [1.54, 1.807) is 38.2 Å². The van der Waals surface area contributed by atoms with Gasteiger partial charge < -0.3 is 19.5 Å². The van der Waals surface area contributed by atoms with Gasteiger partial charge in [-0.3, -0.25) is 0 Å². The van der Waals surface area contributed by atoms with Crippen LogP contribution < -0.4 is 5.32 Å². The molecule has 0 atom stereocenters. The van der Waals surface area contributed by atoms with E-state index in [9.17, 15) is 18.0 Å². The van der Waals surface area contributed by atoms with Crippen LogP contribution in [0.25, 0.3) is 0 Å². The summed E-state index contributed by atoms with van der Waals surface area (Å²) in [6.07, 6.45) is -4.33. The molecule has 1 heterocycles. The number of halogens is 3. The van der Waals surface area contributed by atoms with Gasteiger partial charge in [-0.1, -0.05) is 29.4 Å². The SMILES string of the molecule is Cc1noc(C)c1CN(C)C(=O)NCc1ccc(COCC(F)(F)F)cc1. The lowest BCUT2D eigenvalue weighted by Crippen LogP contribution is -2.36. The van der Waals surface area contributed by atoms with Crippen molar-refractivity contribution in [3.8, 4) is 0 Å². The van der Waals surface area contributed by atoms with Crippen LogP contribution in [0.2, 0.25) is 0 Å². The quantitative estimate of drug-likeness (QED) is 0.789. The molecule has 2 amide bonds. The van der Waals surface area contributed by atoms with Crippen LogP contribution in [0.5, 0.6) is 0 Å². The van der Waals surface area contributed by atoms with E-state index in [2.05, 4.69) is 15.2 Å². The molecule has 6 nitrogen and oxygen atoms in total. The van der Waals surface area contributed by atoms with Crippen LogP contribution in [0.15, 0.2) is 28.8 Å². The molecule has 0 fully saturated rings. The molecule has 9 heteroatoms. The average Bonchev–Trinajstić information content (AvgIpc) is 2.91. The molecule has 1 aromatic heterocycles. The van der Waals surface area contributed by atoms with Crippen LogP contribution in [0.4, 0.5) is 18.0 Å². The lowest BCUT2D eigenvalue weighted by molar-refractivity contribution is -0.176. The Labute approximate surface area is 155 Å². The van der Waals surface area contributed by atoms with E-state index in [0.29, 0.717) is 24.4 Å². The van der Waals surface area contributed by atoms with Crippen molar-refractivity contribution in [1.82, 2.24) is 15.4 Å². The third kappa shape index (κ3) is 6.59. The first-order valence-electron chi connectivity index (χ1n) is 8.28. The van der Waals surface area contributed by atoms with E-state index < -0.39 is 12.8 Å². The molecular formula is C18H22F3N3O3. The number of hydrogen-bond donors (Lipinski definition) is 1. The van der Waals surface area contributed by atoms with Gasteiger partial charge in [0, 0.05) is 19.2 Å². The van der Waals surface area contributed by atoms with Crippen LogP contribution in [-0.2, 0) is 24.4 Å². The van der Waals surface area contributed by atoms with Crippen LogP contribution in [0.3, 0.4) is 0 Å². The lowest BCUT2D eigenvalue weighted by atomic mass is 10.1. The Morgan fingerprint density at radius 3 is 2.41 bits per heavy atom. The second-order valence-electron chi connectivity index (χ2n) is 6.24. The number of amides is 2. The number of aromatic nitrogens is 1. The van der Waals surface area contributed by atoms with Gasteiger partial charge in [0.1, 0.15) is 12.4 Å². The summed E-state index contributed by atoms with van der Waals surface area (Å²) in [7, 11) is 1.67. The fourth-order valence-electron chi connectivity index (χ4n) is 2.39. The fourth-order valence-corrected chi connectivity index (χ4v) is 2.39. The Balaban J connectivity index is 1.79. The van der Waals surface area contributed by atoms with Gasteiger partial charge in [-0.25, -0.2) is 4.79 Å². The largest absolute Gasteiger partial charge is 0.411 e. The van der Waals surface area contributed by atoms with Crippen molar-refractivity contribution >= 4 is 6.03 Å². The van der Waals surface area contributed by atoms with Gasteiger partial charge in [0.15, 0.2) is 0 Å². The minimum Gasteiger partial charge on any atom is -0.367 e. The predicted octanol–water partition coefficient (Wildman–Crippen LogP) is 3.71. The average molecular weight is 385 g/mol. The first-order valence-corrected chi connectivity index (χ1v) is 8.28. The van der Waals surface area contributed by atoms with Crippen molar-refractivity contribution in [2.75, 3.05) is 13.7 Å². The predicted molar refractivity (Wildman–Crippen MR) is 91.8 cm³/mol. The molecule has 2 aromatic rings. The van der Waals surface area contributed by atoms with Crippen LogP contribution >= 0.6 is 0 Å². The van der Waals surface area contributed by atoms with Crippen molar-refractivity contribution in [3.05, 3.63) is 52.4 Å². The normalized spacial score (nSPS) is 11.5. The zero-order valence-electron chi connectivity index (χ0n) is 15.4. The number of alkyl halides is 3. The maximum Gasteiger partial charge on any atom is 0.411 e. The summed E-state index contributed by atoms with van der Waals surface area (Å²) < 4.78 is 45.8. The van der Waals surface area contributed by atoms with Gasteiger partial charge in [0.05, 0.1) is 18.8 Å². The number of nitrogens with zero attached hydrogens (tertiary/aromatic N) is 2. The number of aryl methyl sites for hydroxylation is 2. The molecule has 0 aliphatic carbocycles. The van der Waals surface area contributed by atoms with Crippen LogP contribution in [-0.4, -0.2) is 35.9 Å². The fraction of sp³-hybridized carbons (Fsp3) is 0.444. The molecule has 0 saturated carbocycles. The summed E-state index contributed by atoms with van der Waals surface area (Å²) in [5.41, 5.74) is 3.07. The Kier molecular flexibility index (Phi) is 6.84. The van der Waals surface area contributed by atoms with Gasteiger partial charge in [-0.2, -0.15) is 13.2 Å². The van der Waals surface area contributed by atoms with E-state index in [1.165, 1.54) is 4.90 Å². The van der Waals surface area contributed by atoms with E-state index in [1.807, 2.05) is 6.92 Å². The van der Waals surface area contributed by atoms with E-state index in [4.69, 9.17) is 4.52 Å². The summed E-state index contributed by atoms with van der Waals surface area (Å²) in [6, 6.07) is 6.56. The molecule has 0 saturated heterocycles. The van der Waals surface area contributed by atoms with Crippen molar-refractivity contribution in [3.63, 3.8) is 0 Å². The number of rotatable bonds is 7. The zero-order valence-corrected chi connectivity index (χ0v) is 15.4. The summed E-state index contributed by atoms with van der Waals surface area (Å²) in [4.78, 5) is 13.7. The Hall–Kier alpha value is -2.55. The number of urea groups is 1. The number of nitrogens with one attached hydrogen (secondary N) is 1. The van der Waals surface area contributed by atoms with Gasteiger partial charge in [-0.15, -0.1) is 0 Å². The number of hydrogen-bond acceptors (Lipinski definition) is 4. The Morgan fingerprint density at radius 2 is 1.85 bits per heavy atom. The smallest absolute Gasteiger partial charge is 0.367 e. The number of carbonyl (C=O) groups excluding carboxylic acids is 1. The molecular weight excluding hydrogens is 363 g/mol. The molecule has 27 heavy (non-hydrogen) atoms. The van der Waals surface area contributed by atoms with Crippen LogP contribution in [0.1, 0.15) is 28.1 Å². The summed E-state index contributed by atoms with van der Waals surface area (Å²) >= 11 is 0. The molecule has 0 spiro atoms. The van der Waals surface area contributed by atoms with Crippen molar-refractivity contribution < 1.29 is 27.2 Å². The number of carbonyl (C=O) groups is 1. The third-order valence-electron chi connectivity index (χ3n) is 3.92. The van der Waals surface area contributed by atoms with Gasteiger partial charge in [0.25, 0.3) is 0 Å². The Bertz CT molecular complexity index is 738. The summed E-state index contributed by atoms with van der Waals surface area (Å²) in [5.74, 6) is 0.676. The monoisotopic (exact) mass is 385 g/mol. The highest BCUT2D eigenvalue weighted by atomic mass is 19.4. The molecule has 0 bridgehead atoms. The third-order valence-corrected chi connectivity index (χ3v) is 3.92. The Morgan fingerprint density at radius 1 is 1.22 bits per heavy atom. The first-order chi connectivity index (χ1) is 12.7. The lowest BCUT2D eigenvalue weighted by Gasteiger charge is -2.18. The van der Waals surface area contributed by atoms with Gasteiger partial charge >= 0.3 is 12.2 Å². The second kappa shape index (κ2) is 8.90. The van der Waals surface area contributed by atoms with E-state index in [0.717, 1.165) is 16.8 Å². The molecule has 0 unspecified atom stereocenters. The second-order valence-corrected chi connectivity index (χ2v) is 6.24. The van der Waals surface area contributed by atoms with Crippen LogP contribution in [0, 0.1) is 13.8 Å². The summed E-state index contributed by atoms with van der Waals surface area (Å²) in [5, 5.41) is 6.65. The molecule has 148 valence electrons. The first kappa shape index (κ1) is 20.8. The van der Waals surface area contributed by atoms with E-state index >= 15 is 0 Å². The molecule has 0 radical (unpaired) electrons. The maximum absolute atomic E-state index is 12.2. The number of benzene rings is 1. The number of ether oxygens (including phenoxy) is 1. The molecule has 1 N–H and O–H groups in total. The summed E-state index contributed by atoms with van der Waals surface area (Å²) in [6.45, 7) is 2.89. The molecule has 0 aliphatic heterocycles. The molecule has 1 aromatic carbocycles. The highest BCUT2D eigenvalue weighted by Gasteiger charge is 2.27. The maximum atomic E-state index is 12.2. The van der Waals surface area contributed by atoms with Crippen molar-refractivity contribution in [2.45, 2.75) is 39.7 Å². The minimum absolute atomic E-state index is 0.119. The highest BCUT2D eigenvalue weighted by molar-refractivity contribution is 5.73. The molecule has 2 rings (SSSR count).